The molecule has 2 nitrogen and oxygen atoms in total. The summed E-state index contributed by atoms with van der Waals surface area (Å²) in [5.41, 5.74) is 0. The summed E-state index contributed by atoms with van der Waals surface area (Å²) in [7, 11) is 0. The van der Waals surface area contributed by atoms with Crippen molar-refractivity contribution in [2.75, 3.05) is 32.7 Å². The molecule has 0 amide bonds. The van der Waals surface area contributed by atoms with Crippen LogP contribution in [-0.2, 0) is 0 Å². The molecule has 0 saturated heterocycles. The minimum absolute atomic E-state index is 1.06. The van der Waals surface area contributed by atoms with Gasteiger partial charge < -0.3 is 10.2 Å². The highest BCUT2D eigenvalue weighted by atomic mass is 15.1. The van der Waals surface area contributed by atoms with E-state index in [1.54, 1.807) is 0 Å². The van der Waals surface area contributed by atoms with Crippen LogP contribution in [0.4, 0.5) is 0 Å². The standard InChI is InChI=1S/C13H28N2/c1-3-15(4-2)12-6-10-14-11-9-13-7-5-8-13/h13-14H,3-12H2,1-2H3. The first-order chi connectivity index (χ1) is 7.36. The van der Waals surface area contributed by atoms with Crippen LogP contribution in [0.1, 0.15) is 46.0 Å². The quantitative estimate of drug-likeness (QED) is 0.591. The zero-order valence-corrected chi connectivity index (χ0v) is 10.6. The normalized spacial score (nSPS) is 17.0. The van der Waals surface area contributed by atoms with E-state index in [9.17, 15) is 0 Å². The maximum atomic E-state index is 3.56. The molecule has 2 heteroatoms. The molecule has 0 unspecified atom stereocenters. The van der Waals surface area contributed by atoms with Crippen LogP contribution in [0.25, 0.3) is 0 Å². The molecule has 0 bridgehead atoms. The lowest BCUT2D eigenvalue weighted by Gasteiger charge is -2.25. The molecule has 1 N–H and O–H groups in total. The highest BCUT2D eigenvalue weighted by Crippen LogP contribution is 2.28. The Morgan fingerprint density at radius 3 is 2.40 bits per heavy atom. The monoisotopic (exact) mass is 212 g/mol. The second-order valence-electron chi connectivity index (χ2n) is 4.72. The lowest BCUT2D eigenvalue weighted by atomic mass is 9.83. The fraction of sp³-hybridized carbons (Fsp3) is 1.00. The van der Waals surface area contributed by atoms with Crippen molar-refractivity contribution in [1.82, 2.24) is 10.2 Å². The van der Waals surface area contributed by atoms with E-state index in [1.165, 1.54) is 64.8 Å². The summed E-state index contributed by atoms with van der Waals surface area (Å²) < 4.78 is 0. The first kappa shape index (κ1) is 13.0. The van der Waals surface area contributed by atoms with Crippen LogP contribution in [0.15, 0.2) is 0 Å². The van der Waals surface area contributed by atoms with Crippen LogP contribution in [0, 0.1) is 5.92 Å². The second kappa shape index (κ2) is 8.12. The molecule has 1 aliphatic carbocycles. The van der Waals surface area contributed by atoms with Crippen molar-refractivity contribution in [3.8, 4) is 0 Å². The number of nitrogens with one attached hydrogen (secondary N) is 1. The molecule has 0 heterocycles. The maximum absolute atomic E-state index is 3.56. The third kappa shape index (κ3) is 5.53. The fourth-order valence-electron chi connectivity index (χ4n) is 2.18. The van der Waals surface area contributed by atoms with Gasteiger partial charge in [0.05, 0.1) is 0 Å². The highest BCUT2D eigenvalue weighted by Gasteiger charge is 2.15. The molecular formula is C13H28N2. The number of hydrogen-bond acceptors (Lipinski definition) is 2. The molecular weight excluding hydrogens is 184 g/mol. The molecule has 0 aliphatic heterocycles. The van der Waals surface area contributed by atoms with E-state index in [-0.39, 0.29) is 0 Å². The van der Waals surface area contributed by atoms with Gasteiger partial charge in [-0.25, -0.2) is 0 Å². The van der Waals surface area contributed by atoms with E-state index >= 15 is 0 Å². The molecule has 0 aromatic carbocycles. The van der Waals surface area contributed by atoms with E-state index < -0.39 is 0 Å². The van der Waals surface area contributed by atoms with Crippen molar-refractivity contribution < 1.29 is 0 Å². The van der Waals surface area contributed by atoms with Crippen LogP contribution in [0.5, 0.6) is 0 Å². The zero-order chi connectivity index (χ0) is 10.9. The lowest BCUT2D eigenvalue weighted by Crippen LogP contribution is -2.28. The van der Waals surface area contributed by atoms with Crippen LogP contribution in [-0.4, -0.2) is 37.6 Å². The Hall–Kier alpha value is -0.0800. The molecule has 90 valence electrons. The molecule has 0 spiro atoms. The number of nitrogens with zero attached hydrogens (tertiary/aromatic N) is 1. The van der Waals surface area contributed by atoms with Crippen molar-refractivity contribution in [2.45, 2.75) is 46.0 Å². The summed E-state index contributed by atoms with van der Waals surface area (Å²) in [4.78, 5) is 2.49. The Bertz CT molecular complexity index is 139. The summed E-state index contributed by atoms with van der Waals surface area (Å²) in [6.45, 7) is 10.6. The van der Waals surface area contributed by atoms with Crippen LogP contribution >= 0.6 is 0 Å². The van der Waals surface area contributed by atoms with Gasteiger partial charge in [0.1, 0.15) is 0 Å². The summed E-state index contributed by atoms with van der Waals surface area (Å²) >= 11 is 0. The van der Waals surface area contributed by atoms with Gasteiger partial charge in [0, 0.05) is 0 Å². The minimum Gasteiger partial charge on any atom is -0.317 e. The molecule has 0 radical (unpaired) electrons. The summed E-state index contributed by atoms with van der Waals surface area (Å²) in [6, 6.07) is 0. The molecule has 1 saturated carbocycles. The average Bonchev–Trinajstić information content (AvgIpc) is 2.20. The molecule has 0 aromatic heterocycles. The predicted molar refractivity (Wildman–Crippen MR) is 67.2 cm³/mol. The van der Waals surface area contributed by atoms with Crippen LogP contribution in [0.3, 0.4) is 0 Å². The van der Waals surface area contributed by atoms with Crippen LogP contribution < -0.4 is 5.32 Å². The van der Waals surface area contributed by atoms with Gasteiger partial charge in [0.25, 0.3) is 0 Å². The number of rotatable bonds is 9. The third-order valence-corrected chi connectivity index (χ3v) is 3.68. The molecule has 0 atom stereocenters. The van der Waals surface area contributed by atoms with Crippen molar-refractivity contribution in [1.29, 1.82) is 0 Å². The fourth-order valence-corrected chi connectivity index (χ4v) is 2.18. The topological polar surface area (TPSA) is 15.3 Å². The molecule has 15 heavy (non-hydrogen) atoms. The average molecular weight is 212 g/mol. The Morgan fingerprint density at radius 1 is 1.13 bits per heavy atom. The predicted octanol–water partition coefficient (Wildman–Crippen LogP) is 2.50. The lowest BCUT2D eigenvalue weighted by molar-refractivity contribution is 0.283. The third-order valence-electron chi connectivity index (χ3n) is 3.68. The van der Waals surface area contributed by atoms with Gasteiger partial charge in [-0.05, 0) is 51.5 Å². The van der Waals surface area contributed by atoms with Gasteiger partial charge in [0.15, 0.2) is 0 Å². The molecule has 1 aliphatic rings. The molecule has 1 fully saturated rings. The van der Waals surface area contributed by atoms with E-state index in [1.807, 2.05) is 0 Å². The summed E-state index contributed by atoms with van der Waals surface area (Å²) in [5, 5.41) is 3.56. The second-order valence-corrected chi connectivity index (χ2v) is 4.72. The van der Waals surface area contributed by atoms with Crippen molar-refractivity contribution >= 4 is 0 Å². The van der Waals surface area contributed by atoms with E-state index in [0.717, 1.165) is 5.92 Å². The summed E-state index contributed by atoms with van der Waals surface area (Å²) in [5.74, 6) is 1.06. The Kier molecular flexibility index (Phi) is 7.03. The van der Waals surface area contributed by atoms with Gasteiger partial charge in [0.2, 0.25) is 0 Å². The highest BCUT2D eigenvalue weighted by molar-refractivity contribution is 4.70. The number of hydrogen-bond donors (Lipinski definition) is 1. The van der Waals surface area contributed by atoms with Gasteiger partial charge >= 0.3 is 0 Å². The first-order valence-electron chi connectivity index (χ1n) is 6.79. The maximum Gasteiger partial charge on any atom is -0.000687 e. The van der Waals surface area contributed by atoms with E-state index in [4.69, 9.17) is 0 Å². The van der Waals surface area contributed by atoms with Crippen molar-refractivity contribution in [3.05, 3.63) is 0 Å². The van der Waals surface area contributed by atoms with Gasteiger partial charge in [-0.15, -0.1) is 0 Å². The summed E-state index contributed by atoms with van der Waals surface area (Å²) in [6.07, 6.45) is 7.16. The largest absolute Gasteiger partial charge is 0.317 e. The van der Waals surface area contributed by atoms with Gasteiger partial charge in [-0.3, -0.25) is 0 Å². The van der Waals surface area contributed by atoms with Crippen LogP contribution in [0.2, 0.25) is 0 Å². The minimum atomic E-state index is 1.06. The molecule has 1 rings (SSSR count). The van der Waals surface area contributed by atoms with Crippen molar-refractivity contribution in [3.63, 3.8) is 0 Å². The Labute approximate surface area is 95.4 Å². The van der Waals surface area contributed by atoms with Gasteiger partial charge in [-0.1, -0.05) is 33.1 Å². The van der Waals surface area contributed by atoms with E-state index in [2.05, 4.69) is 24.1 Å². The van der Waals surface area contributed by atoms with Gasteiger partial charge in [-0.2, -0.15) is 0 Å². The van der Waals surface area contributed by atoms with E-state index in [0.29, 0.717) is 0 Å². The Balaban J connectivity index is 1.79. The van der Waals surface area contributed by atoms with Crippen molar-refractivity contribution in [2.24, 2.45) is 5.92 Å². The first-order valence-corrected chi connectivity index (χ1v) is 6.79. The SMILES string of the molecule is CCN(CC)CCCNCCC1CCC1. The Morgan fingerprint density at radius 2 is 1.87 bits per heavy atom. The smallest absolute Gasteiger partial charge is 0.000687 e. The molecule has 0 aromatic rings. The zero-order valence-electron chi connectivity index (χ0n) is 10.6.